The minimum absolute atomic E-state index is 0.0345. The maximum Gasteiger partial charge on any atom is 0.317 e. The van der Waals surface area contributed by atoms with Crippen LogP contribution in [0.5, 0.6) is 0 Å². The number of ether oxygens (including phenoxy) is 1. The largest absolute Gasteiger partial charge is 0.481 e. The zero-order valence-electron chi connectivity index (χ0n) is 12.8. The van der Waals surface area contributed by atoms with Crippen LogP contribution in [-0.4, -0.2) is 54.2 Å². The van der Waals surface area contributed by atoms with Gasteiger partial charge >= 0.3 is 18.0 Å². The molecule has 120 valence electrons. The highest BCUT2D eigenvalue weighted by Crippen LogP contribution is 2.24. The fourth-order valence-corrected chi connectivity index (χ4v) is 2.64. The predicted octanol–water partition coefficient (Wildman–Crippen LogP) is 1.08. The molecule has 0 spiro atoms. The maximum atomic E-state index is 12.2. The van der Waals surface area contributed by atoms with Crippen LogP contribution in [0, 0.1) is 11.8 Å². The molecule has 0 aromatic carbocycles. The van der Waals surface area contributed by atoms with E-state index in [1.165, 1.54) is 7.11 Å². The summed E-state index contributed by atoms with van der Waals surface area (Å²) in [4.78, 5) is 36.1. The number of carboxylic acid groups (broad SMARTS) is 1. The van der Waals surface area contributed by atoms with Crippen molar-refractivity contribution in [1.29, 1.82) is 0 Å². The third-order valence-electron chi connectivity index (χ3n) is 3.79. The second-order valence-electron chi connectivity index (χ2n) is 5.54. The summed E-state index contributed by atoms with van der Waals surface area (Å²) in [6.07, 6.45) is 1.31. The molecule has 1 aliphatic rings. The average molecular weight is 300 g/mol. The van der Waals surface area contributed by atoms with Crippen molar-refractivity contribution in [2.45, 2.75) is 39.2 Å². The van der Waals surface area contributed by atoms with Gasteiger partial charge in [0.1, 0.15) is 0 Å². The van der Waals surface area contributed by atoms with E-state index >= 15 is 0 Å². The van der Waals surface area contributed by atoms with Gasteiger partial charge in [-0.05, 0) is 12.3 Å². The first-order valence-electron chi connectivity index (χ1n) is 7.24. The van der Waals surface area contributed by atoms with E-state index in [0.29, 0.717) is 19.5 Å². The van der Waals surface area contributed by atoms with E-state index in [1.807, 2.05) is 13.8 Å². The van der Waals surface area contributed by atoms with Crippen LogP contribution < -0.4 is 5.32 Å². The summed E-state index contributed by atoms with van der Waals surface area (Å²) in [5, 5.41) is 11.6. The number of hydrogen-bond acceptors (Lipinski definition) is 4. The Balaban J connectivity index is 2.58. The number of methoxy groups -OCH3 is 1. The highest BCUT2D eigenvalue weighted by Gasteiger charge is 2.38. The Hall–Kier alpha value is -1.79. The normalized spacial score (nSPS) is 22.7. The summed E-state index contributed by atoms with van der Waals surface area (Å²) in [5.41, 5.74) is 0. The fraction of sp³-hybridized carbons (Fsp3) is 0.786. The molecule has 0 bridgehead atoms. The van der Waals surface area contributed by atoms with Crippen LogP contribution in [0.3, 0.4) is 0 Å². The molecule has 21 heavy (non-hydrogen) atoms. The van der Waals surface area contributed by atoms with Crippen LogP contribution in [-0.2, 0) is 14.3 Å². The van der Waals surface area contributed by atoms with E-state index in [4.69, 9.17) is 9.84 Å². The number of carbonyl (C=O) groups is 3. The molecule has 0 aromatic rings. The summed E-state index contributed by atoms with van der Waals surface area (Å²) in [6.45, 7) is 4.62. The van der Waals surface area contributed by atoms with Gasteiger partial charge in [-0.25, -0.2) is 4.79 Å². The molecule has 1 heterocycles. The van der Waals surface area contributed by atoms with Gasteiger partial charge in [-0.1, -0.05) is 20.3 Å². The molecular weight excluding hydrogens is 276 g/mol. The van der Waals surface area contributed by atoms with Crippen LogP contribution in [0.4, 0.5) is 4.79 Å². The van der Waals surface area contributed by atoms with Gasteiger partial charge in [-0.15, -0.1) is 0 Å². The van der Waals surface area contributed by atoms with Gasteiger partial charge in [-0.3, -0.25) is 9.59 Å². The number of carboxylic acids is 1. The van der Waals surface area contributed by atoms with E-state index in [1.54, 1.807) is 4.90 Å². The van der Waals surface area contributed by atoms with Crippen molar-refractivity contribution < 1.29 is 24.2 Å². The van der Waals surface area contributed by atoms with Gasteiger partial charge in [0, 0.05) is 19.1 Å². The second kappa shape index (κ2) is 7.85. The monoisotopic (exact) mass is 300 g/mol. The van der Waals surface area contributed by atoms with E-state index in [2.05, 4.69) is 5.32 Å². The number of amides is 2. The molecule has 7 heteroatoms. The van der Waals surface area contributed by atoms with Crippen molar-refractivity contribution >= 4 is 18.0 Å². The smallest absolute Gasteiger partial charge is 0.317 e. The highest BCUT2D eigenvalue weighted by atomic mass is 16.5. The Bertz CT molecular complexity index is 399. The van der Waals surface area contributed by atoms with Crippen LogP contribution in [0.25, 0.3) is 0 Å². The Kier molecular flexibility index (Phi) is 6.45. The summed E-state index contributed by atoms with van der Waals surface area (Å²) < 4.78 is 4.73. The van der Waals surface area contributed by atoms with Crippen molar-refractivity contribution in [2.75, 3.05) is 20.2 Å². The highest BCUT2D eigenvalue weighted by molar-refractivity contribution is 5.79. The number of nitrogens with one attached hydrogen (secondary N) is 1. The van der Waals surface area contributed by atoms with Gasteiger partial charge in [0.15, 0.2) is 0 Å². The van der Waals surface area contributed by atoms with Crippen molar-refractivity contribution in [3.05, 3.63) is 0 Å². The zero-order chi connectivity index (χ0) is 16.0. The Morgan fingerprint density at radius 3 is 2.57 bits per heavy atom. The first-order valence-corrected chi connectivity index (χ1v) is 7.24. The molecule has 7 nitrogen and oxygen atoms in total. The standard InChI is InChI=1S/C14H24N2O5/c1-4-5-10(6-12(17)18)15-14(20)16-7-9(2)11(8-16)13(19)21-3/h9-11H,4-8H2,1-3H3,(H,15,20)(H,17,18). The molecule has 0 aromatic heterocycles. The van der Waals surface area contributed by atoms with Gasteiger partial charge < -0.3 is 20.1 Å². The lowest BCUT2D eigenvalue weighted by atomic mass is 9.99. The number of likely N-dealkylation sites (tertiary alicyclic amines) is 1. The SMILES string of the molecule is CCCC(CC(=O)O)NC(=O)N1CC(C)C(C(=O)OC)C1. The van der Waals surface area contributed by atoms with Crippen molar-refractivity contribution in [3.63, 3.8) is 0 Å². The van der Waals surface area contributed by atoms with E-state index in [9.17, 15) is 14.4 Å². The molecule has 0 aliphatic carbocycles. The number of esters is 1. The quantitative estimate of drug-likeness (QED) is 0.716. The lowest BCUT2D eigenvalue weighted by Crippen LogP contribution is -2.45. The fourth-order valence-electron chi connectivity index (χ4n) is 2.64. The van der Waals surface area contributed by atoms with Crippen molar-refractivity contribution in [1.82, 2.24) is 10.2 Å². The molecule has 3 atom stereocenters. The number of nitrogens with zero attached hydrogens (tertiary/aromatic N) is 1. The molecule has 0 saturated carbocycles. The third kappa shape index (κ3) is 4.91. The van der Waals surface area contributed by atoms with Gasteiger partial charge in [0.05, 0.1) is 19.4 Å². The van der Waals surface area contributed by atoms with Crippen LogP contribution >= 0.6 is 0 Å². The number of rotatable bonds is 6. The topological polar surface area (TPSA) is 95.9 Å². The molecule has 1 aliphatic heterocycles. The number of urea groups is 1. The van der Waals surface area contributed by atoms with Crippen molar-refractivity contribution in [3.8, 4) is 0 Å². The van der Waals surface area contributed by atoms with Crippen LogP contribution in [0.1, 0.15) is 33.1 Å². The van der Waals surface area contributed by atoms with Gasteiger partial charge in [-0.2, -0.15) is 0 Å². The number of carbonyl (C=O) groups excluding carboxylic acids is 2. The van der Waals surface area contributed by atoms with Crippen LogP contribution in [0.2, 0.25) is 0 Å². The molecule has 1 fully saturated rings. The second-order valence-corrected chi connectivity index (χ2v) is 5.54. The first kappa shape index (κ1) is 17.3. The number of aliphatic carboxylic acids is 1. The zero-order valence-corrected chi connectivity index (χ0v) is 12.8. The molecule has 1 saturated heterocycles. The Labute approximate surface area is 124 Å². The minimum Gasteiger partial charge on any atom is -0.481 e. The maximum absolute atomic E-state index is 12.2. The number of hydrogen-bond donors (Lipinski definition) is 2. The Morgan fingerprint density at radius 2 is 2.05 bits per heavy atom. The average Bonchev–Trinajstić information content (AvgIpc) is 2.79. The molecular formula is C14H24N2O5. The van der Waals surface area contributed by atoms with Gasteiger partial charge in [0.25, 0.3) is 0 Å². The third-order valence-corrected chi connectivity index (χ3v) is 3.79. The molecule has 2 amide bonds. The van der Waals surface area contributed by atoms with Crippen LogP contribution in [0.15, 0.2) is 0 Å². The summed E-state index contributed by atoms with van der Waals surface area (Å²) in [7, 11) is 1.34. The Morgan fingerprint density at radius 1 is 1.38 bits per heavy atom. The summed E-state index contributed by atoms with van der Waals surface area (Å²) in [5.74, 6) is -1.53. The van der Waals surface area contributed by atoms with E-state index in [0.717, 1.165) is 6.42 Å². The summed E-state index contributed by atoms with van der Waals surface area (Å²) >= 11 is 0. The minimum atomic E-state index is -0.934. The van der Waals surface area contributed by atoms with Crippen molar-refractivity contribution in [2.24, 2.45) is 11.8 Å². The lowest BCUT2D eigenvalue weighted by Gasteiger charge is -2.22. The van der Waals surface area contributed by atoms with Gasteiger partial charge in [0.2, 0.25) is 0 Å². The van der Waals surface area contributed by atoms with E-state index in [-0.39, 0.29) is 36.3 Å². The molecule has 1 rings (SSSR count). The predicted molar refractivity (Wildman–Crippen MR) is 75.7 cm³/mol. The summed E-state index contributed by atoms with van der Waals surface area (Å²) in [6, 6.07) is -0.694. The molecule has 0 radical (unpaired) electrons. The van der Waals surface area contributed by atoms with E-state index < -0.39 is 5.97 Å². The molecule has 3 unspecified atom stereocenters. The first-order chi connectivity index (χ1) is 9.88. The lowest BCUT2D eigenvalue weighted by molar-refractivity contribution is -0.146. The molecule has 2 N–H and O–H groups in total.